The minimum atomic E-state index is -1.60. The van der Waals surface area contributed by atoms with Gasteiger partial charge in [0.25, 0.3) is 0 Å². The quantitative estimate of drug-likeness (QED) is 0.114. The maximum absolute atomic E-state index is 12.4. The monoisotopic (exact) mass is 451 g/mol. The summed E-state index contributed by atoms with van der Waals surface area (Å²) in [6.45, 7) is -0.688. The van der Waals surface area contributed by atoms with Gasteiger partial charge in [0.1, 0.15) is 24.2 Å². The molecule has 0 aliphatic heterocycles. The number of hydrogen-bond donors (Lipinski definition) is 9. The summed E-state index contributed by atoms with van der Waals surface area (Å²) in [5.74, 6) is -6.97. The molecule has 0 aromatic heterocycles. The number of aliphatic hydroxyl groups excluding tert-OH is 1. The molecule has 0 fully saturated rings. The minimum Gasteiger partial charge on any atom is -0.481 e. The lowest BCUT2D eigenvalue weighted by Crippen LogP contribution is -2.58. The highest BCUT2D eigenvalue weighted by Gasteiger charge is 2.30. The first-order chi connectivity index (χ1) is 13.9. The second kappa shape index (κ2) is 13.3. The molecule has 0 aromatic carbocycles. The Morgan fingerprint density at radius 1 is 0.867 bits per heavy atom. The van der Waals surface area contributed by atoms with E-state index in [1.807, 2.05) is 5.32 Å². The van der Waals surface area contributed by atoms with E-state index in [2.05, 4.69) is 23.3 Å². The summed E-state index contributed by atoms with van der Waals surface area (Å²) in [5.41, 5.74) is 10.4. The Labute approximate surface area is 176 Å². The van der Waals surface area contributed by atoms with Gasteiger partial charge < -0.3 is 42.7 Å². The molecule has 0 bridgehead atoms. The summed E-state index contributed by atoms with van der Waals surface area (Å²) in [4.78, 5) is 69.5. The van der Waals surface area contributed by atoms with Crippen LogP contribution in [0.25, 0.3) is 0 Å². The topological polar surface area (TPSA) is 251 Å². The normalized spacial score (nSPS) is 14.5. The molecule has 0 radical (unpaired) electrons. The zero-order valence-corrected chi connectivity index (χ0v) is 16.6. The van der Waals surface area contributed by atoms with Crippen LogP contribution in [-0.4, -0.2) is 87.4 Å². The number of carbonyl (C=O) groups excluding carboxylic acids is 4. The third kappa shape index (κ3) is 10.0. The van der Waals surface area contributed by atoms with Crippen molar-refractivity contribution in [3.05, 3.63) is 0 Å². The Balaban J connectivity index is 5.27. The smallest absolute Gasteiger partial charge is 0.326 e. The molecule has 15 heteroatoms. The van der Waals surface area contributed by atoms with Gasteiger partial charge in [-0.15, -0.1) is 0 Å². The highest BCUT2D eigenvalue weighted by atomic mass is 32.1. The van der Waals surface area contributed by atoms with Gasteiger partial charge >= 0.3 is 11.9 Å². The van der Waals surface area contributed by atoms with E-state index in [1.165, 1.54) is 0 Å². The van der Waals surface area contributed by atoms with Crippen molar-refractivity contribution in [2.75, 3.05) is 12.4 Å². The molecule has 170 valence electrons. The van der Waals surface area contributed by atoms with Crippen LogP contribution >= 0.6 is 12.6 Å². The average Bonchev–Trinajstić information content (AvgIpc) is 2.66. The lowest BCUT2D eigenvalue weighted by atomic mass is 10.1. The van der Waals surface area contributed by atoms with E-state index >= 15 is 0 Å². The van der Waals surface area contributed by atoms with Gasteiger partial charge in [0, 0.05) is 12.2 Å². The number of amides is 4. The molecule has 0 saturated heterocycles. The van der Waals surface area contributed by atoms with E-state index in [-0.39, 0.29) is 5.75 Å². The molecule has 30 heavy (non-hydrogen) atoms. The Kier molecular flexibility index (Phi) is 12.0. The van der Waals surface area contributed by atoms with Crippen LogP contribution in [0.15, 0.2) is 0 Å². The predicted octanol–water partition coefficient (Wildman–Crippen LogP) is -4.48. The molecule has 10 N–H and O–H groups in total. The van der Waals surface area contributed by atoms with Crippen LogP contribution in [0.2, 0.25) is 0 Å². The number of carboxylic acids is 2. The minimum absolute atomic E-state index is 0.239. The number of nitrogens with one attached hydrogen (secondary N) is 3. The fourth-order valence-electron chi connectivity index (χ4n) is 2.04. The van der Waals surface area contributed by atoms with Crippen LogP contribution in [-0.2, 0) is 28.8 Å². The second-order valence-corrected chi connectivity index (χ2v) is 6.46. The number of thiol groups is 1. The first kappa shape index (κ1) is 27.1. The first-order valence-corrected chi connectivity index (χ1v) is 9.17. The van der Waals surface area contributed by atoms with Crippen LogP contribution in [0.5, 0.6) is 0 Å². The van der Waals surface area contributed by atoms with Gasteiger partial charge in [-0.05, 0) is 6.42 Å². The van der Waals surface area contributed by atoms with Gasteiger partial charge in [-0.2, -0.15) is 12.6 Å². The Morgan fingerprint density at radius 2 is 1.37 bits per heavy atom. The van der Waals surface area contributed by atoms with Crippen molar-refractivity contribution in [1.29, 1.82) is 0 Å². The number of carboxylic acid groups (broad SMARTS) is 2. The molecule has 4 atom stereocenters. The maximum atomic E-state index is 12.4. The van der Waals surface area contributed by atoms with Crippen molar-refractivity contribution >= 4 is 48.2 Å². The number of aliphatic hydroxyl groups is 1. The summed E-state index contributed by atoms with van der Waals surface area (Å²) in [6, 6.07) is -5.81. The fourth-order valence-corrected chi connectivity index (χ4v) is 2.29. The Morgan fingerprint density at radius 3 is 1.80 bits per heavy atom. The number of carbonyl (C=O) groups is 6. The molecule has 0 aromatic rings. The van der Waals surface area contributed by atoms with E-state index in [0.717, 1.165) is 0 Å². The van der Waals surface area contributed by atoms with Crippen LogP contribution in [0.3, 0.4) is 0 Å². The largest absolute Gasteiger partial charge is 0.481 e. The SMILES string of the molecule is NC(=O)CC(NC(=O)C(CS)NC(=O)C(N)CO)C(=O)NC(CCC(=O)O)C(=O)O. The number of hydrogen-bond acceptors (Lipinski definition) is 9. The second-order valence-electron chi connectivity index (χ2n) is 6.10. The van der Waals surface area contributed by atoms with Gasteiger partial charge in [0.05, 0.1) is 13.0 Å². The molecule has 14 nitrogen and oxygen atoms in total. The molecule has 0 aliphatic carbocycles. The summed E-state index contributed by atoms with van der Waals surface area (Å²) < 4.78 is 0. The van der Waals surface area contributed by atoms with Gasteiger partial charge in [-0.3, -0.25) is 24.0 Å². The van der Waals surface area contributed by atoms with Crippen LogP contribution < -0.4 is 27.4 Å². The zero-order valence-electron chi connectivity index (χ0n) is 15.7. The molecule has 0 aliphatic rings. The van der Waals surface area contributed by atoms with Gasteiger partial charge in [0.2, 0.25) is 23.6 Å². The van der Waals surface area contributed by atoms with Crippen molar-refractivity contribution in [2.45, 2.75) is 43.4 Å². The Bertz CT molecular complexity index is 675. The third-order valence-corrected chi connectivity index (χ3v) is 4.01. The maximum Gasteiger partial charge on any atom is 0.326 e. The first-order valence-electron chi connectivity index (χ1n) is 8.54. The van der Waals surface area contributed by atoms with Crippen LogP contribution in [0.1, 0.15) is 19.3 Å². The van der Waals surface area contributed by atoms with E-state index in [0.29, 0.717) is 0 Å². The molecular formula is C15H25N5O9S. The van der Waals surface area contributed by atoms with E-state index in [4.69, 9.17) is 26.8 Å². The summed E-state index contributed by atoms with van der Waals surface area (Å²) in [7, 11) is 0. The molecule has 4 amide bonds. The standard InChI is InChI=1S/C15H25N5O9S/c16-6(4-21)12(25)20-9(5-30)14(27)19-8(3-10(17)22)13(26)18-7(15(28)29)1-2-11(23)24/h6-9,21,30H,1-5,16H2,(H2,17,22)(H,18,26)(H,19,27)(H,20,25)(H,23,24)(H,28,29). The molecule has 0 saturated carbocycles. The van der Waals surface area contributed by atoms with Crippen LogP contribution in [0.4, 0.5) is 0 Å². The summed E-state index contributed by atoms with van der Waals surface area (Å²) >= 11 is 3.90. The zero-order chi connectivity index (χ0) is 23.4. The molecule has 0 heterocycles. The van der Waals surface area contributed by atoms with Crippen molar-refractivity contribution in [2.24, 2.45) is 11.5 Å². The number of aliphatic carboxylic acids is 2. The van der Waals surface area contributed by atoms with Crippen molar-refractivity contribution < 1.29 is 44.1 Å². The lowest BCUT2D eigenvalue weighted by molar-refractivity contribution is -0.143. The number of rotatable bonds is 14. The van der Waals surface area contributed by atoms with E-state index in [1.54, 1.807) is 0 Å². The average molecular weight is 451 g/mol. The lowest BCUT2D eigenvalue weighted by Gasteiger charge is -2.23. The molecule has 0 rings (SSSR count). The van der Waals surface area contributed by atoms with Gasteiger partial charge in [-0.1, -0.05) is 0 Å². The van der Waals surface area contributed by atoms with Crippen LogP contribution in [0, 0.1) is 0 Å². The number of nitrogens with two attached hydrogens (primary N) is 2. The third-order valence-electron chi connectivity index (χ3n) is 3.65. The highest BCUT2D eigenvalue weighted by Crippen LogP contribution is 2.02. The summed E-state index contributed by atoms with van der Waals surface area (Å²) in [5, 5.41) is 33.0. The highest BCUT2D eigenvalue weighted by molar-refractivity contribution is 7.80. The summed E-state index contributed by atoms with van der Waals surface area (Å²) in [6.07, 6.45) is -1.70. The molecular weight excluding hydrogens is 426 g/mol. The van der Waals surface area contributed by atoms with E-state index < -0.39 is 85.6 Å². The molecule has 0 spiro atoms. The van der Waals surface area contributed by atoms with Crippen molar-refractivity contribution in [1.82, 2.24) is 16.0 Å². The van der Waals surface area contributed by atoms with E-state index in [9.17, 15) is 28.8 Å². The Hall–Kier alpha value is -2.91. The van der Waals surface area contributed by atoms with Crippen molar-refractivity contribution in [3.63, 3.8) is 0 Å². The van der Waals surface area contributed by atoms with Crippen molar-refractivity contribution in [3.8, 4) is 0 Å². The number of primary amides is 1. The predicted molar refractivity (Wildman–Crippen MR) is 103 cm³/mol. The fraction of sp³-hybridized carbons (Fsp3) is 0.600. The molecule has 4 unspecified atom stereocenters. The van der Waals surface area contributed by atoms with Gasteiger partial charge in [-0.25, -0.2) is 4.79 Å². The van der Waals surface area contributed by atoms with Gasteiger partial charge in [0.15, 0.2) is 0 Å².